The van der Waals surface area contributed by atoms with Crippen molar-refractivity contribution in [3.05, 3.63) is 140 Å². The molecule has 668 valence electrons. The molecule has 8 heterocycles. The number of nitrogens with zero attached hydrogens (tertiary/aromatic N) is 8. The van der Waals surface area contributed by atoms with Crippen molar-refractivity contribution in [1.29, 1.82) is 0 Å². The van der Waals surface area contributed by atoms with E-state index in [1.807, 2.05) is 79.4 Å². The fraction of sp³-hybridized carbons (Fsp3) is 0.629. The van der Waals surface area contributed by atoms with E-state index >= 15 is 0 Å². The summed E-state index contributed by atoms with van der Waals surface area (Å²) in [4.78, 5) is 62.1. The molecule has 16 rings (SSSR count). The first-order valence-electron chi connectivity index (χ1n) is 45.8. The second-order valence-electron chi connectivity index (χ2n) is 38.3. The number of carbonyl (C=O) groups is 4. The molecule has 4 saturated carbocycles. The summed E-state index contributed by atoms with van der Waals surface area (Å²) in [7, 11) is 0. The van der Waals surface area contributed by atoms with E-state index in [4.69, 9.17) is 46.4 Å². The smallest absolute Gasteiger partial charge is 0.253 e. The number of alkyl halides is 4. The number of hydrogen-bond donors (Lipinski definition) is 5. The van der Waals surface area contributed by atoms with E-state index in [2.05, 4.69) is 80.7 Å². The van der Waals surface area contributed by atoms with Crippen LogP contribution in [0.4, 0.5) is 17.6 Å². The number of amides is 3. The van der Waals surface area contributed by atoms with Crippen LogP contribution in [0.5, 0.6) is 0 Å². The normalized spacial score (nSPS) is 26.9. The molecular weight excluding hydrogens is 1630 g/mol. The third kappa shape index (κ3) is 23.9. The SMILES string of the molecule is CC(C)N1CC[C@H]1Cn1cc(C(=O)CCC2CCC(C)(F)CC2)c2c(Cl)cccc21.CC1(F)CCC(CNC(=O)c2cn(CCN3CCCCC3)c3cccc(Cl)c23)CC1.CC1(F)CCCC(O)(CNC(=O)c2cn(CCN3CCCCC3)c3cccc(Cl)c23)C1.CC1CCCC(O)(CNC(=O)c2cn(CC3CCCN3CCF)c3cccc(Cl)c23)C1. The molecule has 25 heteroatoms. The Hall–Kier alpha value is -6.24. The van der Waals surface area contributed by atoms with Crippen LogP contribution in [0, 0.1) is 17.8 Å². The van der Waals surface area contributed by atoms with Crippen LogP contribution in [-0.2, 0) is 26.2 Å². The molecule has 4 aliphatic heterocycles. The van der Waals surface area contributed by atoms with E-state index in [9.17, 15) is 47.0 Å². The number of nitrogens with one attached hydrogen (secondary N) is 3. The average Bonchev–Trinajstić information content (AvgIpc) is 1.63. The Kier molecular flexibility index (Phi) is 31.9. The Morgan fingerprint density at radius 2 is 0.902 bits per heavy atom. The summed E-state index contributed by atoms with van der Waals surface area (Å²) < 4.78 is 64.0. The van der Waals surface area contributed by atoms with Gasteiger partial charge in [0.25, 0.3) is 17.7 Å². The van der Waals surface area contributed by atoms with Gasteiger partial charge in [0.05, 0.1) is 70.0 Å². The van der Waals surface area contributed by atoms with Crippen LogP contribution in [-0.4, -0.2) is 203 Å². The number of aliphatic hydroxyl groups is 2. The molecule has 17 nitrogen and oxygen atoms in total. The summed E-state index contributed by atoms with van der Waals surface area (Å²) in [6.45, 7) is 24.3. The summed E-state index contributed by atoms with van der Waals surface area (Å²) in [6, 6.07) is 24.4. The van der Waals surface area contributed by atoms with Crippen molar-refractivity contribution in [2.75, 3.05) is 85.2 Å². The third-order valence-electron chi connectivity index (χ3n) is 28.1. The molecule has 4 saturated heterocycles. The first-order valence-corrected chi connectivity index (χ1v) is 47.3. The molecule has 0 radical (unpaired) electrons. The van der Waals surface area contributed by atoms with Crippen LogP contribution in [0.1, 0.15) is 256 Å². The highest BCUT2D eigenvalue weighted by molar-refractivity contribution is 6.38. The van der Waals surface area contributed by atoms with E-state index in [0.717, 1.165) is 179 Å². The number of likely N-dealkylation sites (tertiary alicyclic amines) is 4. The summed E-state index contributed by atoms with van der Waals surface area (Å²) in [6.07, 6.45) is 30.9. The topological polar surface area (TPSA) is 178 Å². The van der Waals surface area contributed by atoms with Gasteiger partial charge >= 0.3 is 0 Å². The van der Waals surface area contributed by atoms with E-state index in [0.29, 0.717) is 150 Å². The quantitative estimate of drug-likeness (QED) is 0.0259. The third-order valence-corrected chi connectivity index (χ3v) is 29.4. The van der Waals surface area contributed by atoms with Crippen LogP contribution in [0.2, 0.25) is 20.1 Å². The average molecular weight is 1770 g/mol. The number of rotatable bonds is 26. The number of fused-ring (bicyclic) bond motifs is 4. The first-order chi connectivity index (χ1) is 58.3. The van der Waals surface area contributed by atoms with E-state index in [1.165, 1.54) is 51.9 Å². The molecule has 3 amide bonds. The van der Waals surface area contributed by atoms with Gasteiger partial charge in [0.1, 0.15) is 23.7 Å². The van der Waals surface area contributed by atoms with Crippen molar-refractivity contribution in [2.45, 2.75) is 287 Å². The van der Waals surface area contributed by atoms with Crippen molar-refractivity contribution in [3.8, 4) is 0 Å². The minimum atomic E-state index is -1.40. The predicted octanol–water partition coefficient (Wildman–Crippen LogP) is 21.0. The lowest BCUT2D eigenvalue weighted by atomic mass is 9.77. The van der Waals surface area contributed by atoms with Crippen molar-refractivity contribution in [2.24, 2.45) is 17.8 Å². The molecule has 0 bridgehead atoms. The Bertz CT molecular complexity index is 4860. The molecule has 5 N–H and O–H groups in total. The Morgan fingerprint density at radius 1 is 0.459 bits per heavy atom. The van der Waals surface area contributed by atoms with Crippen LogP contribution < -0.4 is 16.0 Å². The number of halogens is 8. The Morgan fingerprint density at radius 3 is 1.37 bits per heavy atom. The lowest BCUT2D eigenvalue weighted by Crippen LogP contribution is -2.53. The molecule has 122 heavy (non-hydrogen) atoms. The predicted molar refractivity (Wildman–Crippen MR) is 488 cm³/mol. The molecule has 4 aliphatic carbocycles. The number of piperidine rings is 2. The minimum absolute atomic E-state index is 0.0379. The summed E-state index contributed by atoms with van der Waals surface area (Å²) in [5.74, 6) is 0.848. The number of hydrogen-bond acceptors (Lipinski definition) is 10. The number of aromatic nitrogens is 4. The van der Waals surface area contributed by atoms with Gasteiger partial charge in [0.15, 0.2) is 5.78 Å². The van der Waals surface area contributed by atoms with Gasteiger partial charge in [-0.25, -0.2) is 17.6 Å². The summed E-state index contributed by atoms with van der Waals surface area (Å²) in [5, 5.41) is 36.1. The van der Waals surface area contributed by atoms with Crippen molar-refractivity contribution >= 4 is 114 Å². The van der Waals surface area contributed by atoms with Gasteiger partial charge in [0.2, 0.25) is 0 Å². The number of benzene rings is 4. The molecule has 8 aromatic rings. The van der Waals surface area contributed by atoms with Gasteiger partial charge in [0, 0.05) is 155 Å². The highest BCUT2D eigenvalue weighted by atomic mass is 35.5. The Labute approximate surface area is 739 Å². The molecule has 4 aromatic carbocycles. The summed E-state index contributed by atoms with van der Waals surface area (Å²) >= 11 is 26.0. The number of ketones is 1. The second-order valence-corrected chi connectivity index (χ2v) is 40.0. The van der Waals surface area contributed by atoms with Gasteiger partial charge in [-0.1, -0.05) is 103 Å². The van der Waals surface area contributed by atoms with Crippen molar-refractivity contribution in [3.63, 3.8) is 0 Å². The molecule has 6 atom stereocenters. The monoisotopic (exact) mass is 1760 g/mol. The van der Waals surface area contributed by atoms with E-state index in [-0.39, 0.29) is 55.7 Å². The zero-order valence-corrected chi connectivity index (χ0v) is 76.0. The van der Waals surface area contributed by atoms with Crippen molar-refractivity contribution in [1.82, 2.24) is 53.8 Å². The van der Waals surface area contributed by atoms with Gasteiger partial charge in [-0.2, -0.15) is 0 Å². The number of Topliss-reactive ketones (excluding diaryl/α,β-unsaturated/α-hetero) is 1. The van der Waals surface area contributed by atoms with Gasteiger partial charge in [-0.3, -0.25) is 29.0 Å². The van der Waals surface area contributed by atoms with Crippen molar-refractivity contribution < 1.29 is 47.0 Å². The molecule has 8 aliphatic rings. The van der Waals surface area contributed by atoms with Gasteiger partial charge in [-0.05, 0) is 268 Å². The maximum atomic E-state index is 14.4. The number of carbonyl (C=O) groups excluding carboxylic acids is 4. The maximum absolute atomic E-state index is 14.4. The molecule has 8 fully saturated rings. The fourth-order valence-corrected chi connectivity index (χ4v) is 22.0. The van der Waals surface area contributed by atoms with E-state index in [1.54, 1.807) is 26.0 Å². The van der Waals surface area contributed by atoms with Gasteiger partial charge in [-0.15, -0.1) is 0 Å². The largest absolute Gasteiger partial charge is 0.388 e. The highest BCUT2D eigenvalue weighted by Gasteiger charge is 2.43. The fourth-order valence-electron chi connectivity index (χ4n) is 20.9. The molecule has 5 unspecified atom stereocenters. The minimum Gasteiger partial charge on any atom is -0.388 e. The lowest BCUT2D eigenvalue weighted by molar-refractivity contribution is -0.0533. The van der Waals surface area contributed by atoms with Gasteiger partial charge < -0.3 is 54.2 Å². The first kappa shape index (κ1) is 93.4. The van der Waals surface area contributed by atoms with Crippen LogP contribution in [0.3, 0.4) is 0 Å². The van der Waals surface area contributed by atoms with Crippen LogP contribution in [0.25, 0.3) is 43.6 Å². The van der Waals surface area contributed by atoms with E-state index < -0.39 is 28.2 Å². The highest BCUT2D eigenvalue weighted by Crippen LogP contribution is 2.42. The van der Waals surface area contributed by atoms with Crippen LogP contribution >= 0.6 is 46.4 Å². The second kappa shape index (κ2) is 41.7. The lowest BCUT2D eigenvalue weighted by Gasteiger charge is -2.44. The molecule has 4 aromatic heterocycles. The maximum Gasteiger partial charge on any atom is 0.253 e. The molecule has 0 spiro atoms. The Balaban J connectivity index is 0.000000140. The standard InChI is InChI=1S/C25H34ClFN2O.2C24H33ClFN3O2.C24H33ClFN3O/c1-17(2)29-14-11-19(29)15-28-16-20(24-21(26)5-4-6-22(24)28)23(30)8-7-18-9-12-25(3,27)13-10-18;1-17-5-3-9-24(31,13-17)16-27-23(30)19-15-29(21-8-2-7-20(25)22(19)21)14-18-6-4-11-28(18)12-10-26;1-23(26)9-6-10-24(31,16-23)17-27-22(30)18-15-29(14-13-28-11-3-2-4-12-28)20-8-5-7-19(25)21(18)20;1-24(26)10-8-18(9-11-24)16-27-23(30)19-17-29(15-14-28-12-3-2-4-13-28)21-7-5-6-20(25)22(19)21/h4-6,16-19H,7-15H2,1-3H3;2,7-8,15,17-18,31H,3-6,9-14,16H2,1H3,(H,27,30);5,7-8,15,31H,2-4,6,9-14,16-17H2,1H3,(H,27,30);5-7,17-18H,2-4,8-16H2,1H3,(H,27,30)/t18?,19-,25?;;;/m0.../s1. The summed E-state index contributed by atoms with van der Waals surface area (Å²) in [5.41, 5.74) is 0.802. The molecular formula is C97H133Cl4F4N11O6. The van der Waals surface area contributed by atoms with Crippen LogP contribution in [0.15, 0.2) is 97.6 Å². The zero-order valence-electron chi connectivity index (χ0n) is 72.9. The zero-order chi connectivity index (χ0) is 86.7.